The minimum Gasteiger partial charge on any atom is -0.409 e. The summed E-state index contributed by atoms with van der Waals surface area (Å²) < 4.78 is 1.63. The van der Waals surface area contributed by atoms with E-state index in [1.165, 1.54) is 0 Å². The molecule has 0 aliphatic rings. The van der Waals surface area contributed by atoms with Gasteiger partial charge in [-0.25, -0.2) is 0 Å². The van der Waals surface area contributed by atoms with Crippen LogP contribution >= 0.6 is 11.6 Å². The van der Waals surface area contributed by atoms with Gasteiger partial charge in [-0.3, -0.25) is 4.68 Å². The predicted molar refractivity (Wildman–Crippen MR) is 54.8 cm³/mol. The average Bonchev–Trinajstić information content (AvgIpc) is 2.43. The first-order chi connectivity index (χ1) is 6.49. The fourth-order valence-electron chi connectivity index (χ4n) is 1.23. The number of nitrogens with zero attached hydrogens (tertiary/aromatic N) is 3. The quantitative estimate of drug-likeness (QED) is 0.340. The summed E-state index contributed by atoms with van der Waals surface area (Å²) in [5, 5.41) is 16.3. The molecule has 1 heterocycles. The summed E-state index contributed by atoms with van der Waals surface area (Å²) in [5.74, 6) is 0.104. The van der Waals surface area contributed by atoms with E-state index >= 15 is 0 Å². The van der Waals surface area contributed by atoms with E-state index in [2.05, 4.69) is 10.3 Å². The van der Waals surface area contributed by atoms with Crippen LogP contribution in [0.2, 0.25) is 5.02 Å². The lowest BCUT2D eigenvalue weighted by Crippen LogP contribution is -2.26. The Labute approximate surface area is 87.2 Å². The van der Waals surface area contributed by atoms with Crippen molar-refractivity contribution >= 4 is 17.4 Å². The second-order valence-corrected chi connectivity index (χ2v) is 3.51. The van der Waals surface area contributed by atoms with Crippen molar-refractivity contribution in [2.24, 2.45) is 10.9 Å². The highest BCUT2D eigenvalue weighted by atomic mass is 35.5. The third-order valence-corrected chi connectivity index (χ3v) is 2.69. The fourth-order valence-corrected chi connectivity index (χ4v) is 1.35. The van der Waals surface area contributed by atoms with E-state index in [1.54, 1.807) is 11.6 Å². The van der Waals surface area contributed by atoms with E-state index in [9.17, 15) is 0 Å². The van der Waals surface area contributed by atoms with Crippen LogP contribution in [-0.4, -0.2) is 20.8 Å². The van der Waals surface area contributed by atoms with Crippen LogP contribution in [0.1, 0.15) is 24.4 Å². The molecule has 0 fully saturated rings. The molecule has 0 radical (unpaired) electrons. The standard InChI is InChI=1S/C8H13ClN4O/c1-4-7(9)5(2)13(11-4)6(3)8(10)12-14/h6,14H,1-3H3,(H2,10,12). The van der Waals surface area contributed by atoms with Crippen LogP contribution in [0.4, 0.5) is 0 Å². The van der Waals surface area contributed by atoms with Gasteiger partial charge in [0.25, 0.3) is 0 Å². The van der Waals surface area contributed by atoms with E-state index in [1.807, 2.05) is 13.8 Å². The summed E-state index contributed by atoms with van der Waals surface area (Å²) in [6, 6.07) is -0.300. The molecular weight excluding hydrogens is 204 g/mol. The molecule has 0 aliphatic heterocycles. The van der Waals surface area contributed by atoms with Gasteiger partial charge in [0.15, 0.2) is 5.84 Å². The molecule has 0 spiro atoms. The van der Waals surface area contributed by atoms with Crippen LogP contribution < -0.4 is 5.73 Å². The summed E-state index contributed by atoms with van der Waals surface area (Å²) in [4.78, 5) is 0. The molecular formula is C8H13ClN4O. The number of nitrogens with two attached hydrogens (primary N) is 1. The fraction of sp³-hybridized carbons (Fsp3) is 0.500. The van der Waals surface area contributed by atoms with Crippen molar-refractivity contribution in [1.82, 2.24) is 9.78 Å². The first-order valence-electron chi connectivity index (χ1n) is 4.17. The van der Waals surface area contributed by atoms with Crippen molar-refractivity contribution in [3.8, 4) is 0 Å². The Kier molecular flexibility index (Phi) is 3.00. The van der Waals surface area contributed by atoms with Gasteiger partial charge in [0.2, 0.25) is 0 Å². The molecule has 1 rings (SSSR count). The summed E-state index contributed by atoms with van der Waals surface area (Å²) in [6.07, 6.45) is 0. The zero-order chi connectivity index (χ0) is 10.9. The molecule has 6 heteroatoms. The molecule has 0 aliphatic carbocycles. The number of rotatable bonds is 2. The largest absolute Gasteiger partial charge is 0.409 e. The van der Waals surface area contributed by atoms with Crippen LogP contribution in [0.15, 0.2) is 5.16 Å². The van der Waals surface area contributed by atoms with E-state index in [0.717, 1.165) is 11.4 Å². The molecule has 1 aromatic rings. The molecule has 1 unspecified atom stereocenters. The van der Waals surface area contributed by atoms with Gasteiger partial charge in [0.1, 0.15) is 6.04 Å². The number of amidine groups is 1. The molecule has 0 saturated heterocycles. The Hall–Kier alpha value is -1.23. The molecule has 0 amide bonds. The van der Waals surface area contributed by atoms with Gasteiger partial charge in [-0.15, -0.1) is 0 Å². The molecule has 78 valence electrons. The molecule has 0 aromatic carbocycles. The number of halogens is 1. The normalized spacial score (nSPS) is 14.4. The van der Waals surface area contributed by atoms with Crippen molar-refractivity contribution < 1.29 is 5.21 Å². The number of hydrogen-bond acceptors (Lipinski definition) is 3. The second kappa shape index (κ2) is 3.88. The maximum absolute atomic E-state index is 8.52. The molecule has 3 N–H and O–H groups in total. The van der Waals surface area contributed by atoms with Gasteiger partial charge < -0.3 is 10.9 Å². The molecule has 0 bridgehead atoms. The minimum absolute atomic E-state index is 0.104. The van der Waals surface area contributed by atoms with E-state index in [4.69, 9.17) is 22.5 Å². The molecule has 0 saturated carbocycles. The molecule has 1 aromatic heterocycles. The highest BCUT2D eigenvalue weighted by Crippen LogP contribution is 2.21. The predicted octanol–water partition coefficient (Wildman–Crippen LogP) is 1.46. The summed E-state index contributed by atoms with van der Waals surface area (Å²) in [6.45, 7) is 5.43. The average molecular weight is 217 g/mol. The highest BCUT2D eigenvalue weighted by Gasteiger charge is 2.16. The molecule has 1 atom stereocenters. The Morgan fingerprint density at radius 3 is 2.57 bits per heavy atom. The van der Waals surface area contributed by atoms with Crippen molar-refractivity contribution in [3.05, 3.63) is 16.4 Å². The summed E-state index contributed by atoms with van der Waals surface area (Å²) in [5.41, 5.74) is 7.02. The van der Waals surface area contributed by atoms with E-state index in [-0.39, 0.29) is 11.9 Å². The maximum Gasteiger partial charge on any atom is 0.163 e. The van der Waals surface area contributed by atoms with Gasteiger partial charge in [0, 0.05) is 0 Å². The van der Waals surface area contributed by atoms with Gasteiger partial charge in [-0.2, -0.15) is 5.10 Å². The Morgan fingerprint density at radius 1 is 1.64 bits per heavy atom. The lowest BCUT2D eigenvalue weighted by atomic mass is 10.3. The van der Waals surface area contributed by atoms with Crippen LogP contribution in [0.3, 0.4) is 0 Å². The summed E-state index contributed by atoms with van der Waals surface area (Å²) in [7, 11) is 0. The van der Waals surface area contributed by atoms with Gasteiger partial charge >= 0.3 is 0 Å². The molecule has 5 nitrogen and oxygen atoms in total. The van der Waals surface area contributed by atoms with Crippen LogP contribution in [0, 0.1) is 13.8 Å². The van der Waals surface area contributed by atoms with Gasteiger partial charge in [0.05, 0.1) is 16.4 Å². The molecule has 14 heavy (non-hydrogen) atoms. The zero-order valence-electron chi connectivity index (χ0n) is 8.32. The minimum atomic E-state index is -0.300. The lowest BCUT2D eigenvalue weighted by Gasteiger charge is -2.11. The first-order valence-corrected chi connectivity index (χ1v) is 4.55. The third kappa shape index (κ3) is 1.68. The number of aromatic nitrogens is 2. The van der Waals surface area contributed by atoms with E-state index < -0.39 is 0 Å². The van der Waals surface area contributed by atoms with Crippen molar-refractivity contribution in [2.75, 3.05) is 0 Å². The van der Waals surface area contributed by atoms with Crippen LogP contribution in [0.25, 0.3) is 0 Å². The topological polar surface area (TPSA) is 76.4 Å². The highest BCUT2D eigenvalue weighted by molar-refractivity contribution is 6.31. The third-order valence-electron chi connectivity index (χ3n) is 2.15. The van der Waals surface area contributed by atoms with Gasteiger partial charge in [-0.1, -0.05) is 16.8 Å². The van der Waals surface area contributed by atoms with Crippen LogP contribution in [0.5, 0.6) is 0 Å². The summed E-state index contributed by atoms with van der Waals surface area (Å²) >= 11 is 5.96. The van der Waals surface area contributed by atoms with Crippen molar-refractivity contribution in [3.63, 3.8) is 0 Å². The monoisotopic (exact) mass is 216 g/mol. The number of hydrogen-bond donors (Lipinski definition) is 2. The second-order valence-electron chi connectivity index (χ2n) is 3.13. The SMILES string of the molecule is Cc1nn(C(C)C(N)=NO)c(C)c1Cl. The smallest absolute Gasteiger partial charge is 0.163 e. The lowest BCUT2D eigenvalue weighted by molar-refractivity contribution is 0.313. The first kappa shape index (κ1) is 10.8. The Bertz CT molecular complexity index is 372. The Balaban J connectivity index is 3.14. The Morgan fingerprint density at radius 2 is 2.21 bits per heavy atom. The number of aryl methyl sites for hydroxylation is 1. The number of oxime groups is 1. The van der Waals surface area contributed by atoms with Gasteiger partial charge in [-0.05, 0) is 20.8 Å². The van der Waals surface area contributed by atoms with Crippen molar-refractivity contribution in [2.45, 2.75) is 26.8 Å². The van der Waals surface area contributed by atoms with E-state index in [0.29, 0.717) is 5.02 Å². The zero-order valence-corrected chi connectivity index (χ0v) is 9.08. The van der Waals surface area contributed by atoms with Crippen LogP contribution in [-0.2, 0) is 0 Å². The maximum atomic E-state index is 8.52. The van der Waals surface area contributed by atoms with Crippen molar-refractivity contribution in [1.29, 1.82) is 0 Å².